The summed E-state index contributed by atoms with van der Waals surface area (Å²) in [7, 11) is 1.52. The summed E-state index contributed by atoms with van der Waals surface area (Å²) in [4.78, 5) is 35.9. The SMILES string of the molecule is COc1ccccc1-c1nn(-c2ccccc2)cc1C(=O)NNC(=O)c1cccc([N+](=O)[O-])c1. The van der Waals surface area contributed by atoms with Crippen LogP contribution in [0.2, 0.25) is 0 Å². The maximum atomic E-state index is 13.1. The third-order valence-corrected chi connectivity index (χ3v) is 4.95. The first-order chi connectivity index (χ1) is 16.5. The van der Waals surface area contributed by atoms with E-state index in [0.29, 0.717) is 17.0 Å². The van der Waals surface area contributed by atoms with Crippen LogP contribution in [0.25, 0.3) is 16.9 Å². The Labute approximate surface area is 193 Å². The van der Waals surface area contributed by atoms with E-state index in [-0.39, 0.29) is 16.8 Å². The summed E-state index contributed by atoms with van der Waals surface area (Å²) in [6.07, 6.45) is 1.55. The smallest absolute Gasteiger partial charge is 0.273 e. The number of rotatable bonds is 6. The molecule has 2 N–H and O–H groups in total. The van der Waals surface area contributed by atoms with E-state index < -0.39 is 16.7 Å². The van der Waals surface area contributed by atoms with Crippen LogP contribution >= 0.6 is 0 Å². The Hall–Kier alpha value is -4.99. The number of benzene rings is 3. The van der Waals surface area contributed by atoms with E-state index >= 15 is 0 Å². The maximum Gasteiger partial charge on any atom is 0.273 e. The topological polar surface area (TPSA) is 128 Å². The van der Waals surface area contributed by atoms with Crippen molar-refractivity contribution in [2.24, 2.45) is 0 Å². The molecule has 1 aromatic heterocycles. The van der Waals surface area contributed by atoms with Gasteiger partial charge in [0.05, 0.1) is 23.3 Å². The molecule has 3 aromatic carbocycles. The number of hydrogen-bond acceptors (Lipinski definition) is 6. The molecule has 0 fully saturated rings. The van der Waals surface area contributed by atoms with E-state index in [0.717, 1.165) is 11.8 Å². The fourth-order valence-corrected chi connectivity index (χ4v) is 3.31. The van der Waals surface area contributed by atoms with Crippen molar-refractivity contribution in [2.75, 3.05) is 7.11 Å². The Morgan fingerprint density at radius 1 is 0.941 bits per heavy atom. The summed E-state index contributed by atoms with van der Waals surface area (Å²) in [5, 5.41) is 15.5. The van der Waals surface area contributed by atoms with E-state index in [1.54, 1.807) is 35.1 Å². The van der Waals surface area contributed by atoms with Gasteiger partial charge in [-0.25, -0.2) is 4.68 Å². The van der Waals surface area contributed by atoms with Crippen molar-refractivity contribution >= 4 is 17.5 Å². The van der Waals surface area contributed by atoms with E-state index in [4.69, 9.17) is 4.74 Å². The zero-order chi connectivity index (χ0) is 24.1. The third-order valence-electron chi connectivity index (χ3n) is 4.95. The predicted molar refractivity (Wildman–Crippen MR) is 124 cm³/mol. The highest BCUT2D eigenvalue weighted by Gasteiger charge is 2.22. The van der Waals surface area contributed by atoms with Crippen molar-refractivity contribution in [1.82, 2.24) is 20.6 Å². The Balaban J connectivity index is 1.64. The van der Waals surface area contributed by atoms with Crippen molar-refractivity contribution in [1.29, 1.82) is 0 Å². The van der Waals surface area contributed by atoms with Crippen LogP contribution < -0.4 is 15.6 Å². The van der Waals surface area contributed by atoms with Gasteiger partial charge in [0.15, 0.2) is 0 Å². The van der Waals surface area contributed by atoms with Gasteiger partial charge in [-0.15, -0.1) is 0 Å². The highest BCUT2D eigenvalue weighted by molar-refractivity contribution is 6.02. The number of nitro benzene ring substituents is 1. The number of para-hydroxylation sites is 2. The van der Waals surface area contributed by atoms with Crippen molar-refractivity contribution in [2.45, 2.75) is 0 Å². The summed E-state index contributed by atoms with van der Waals surface area (Å²) in [6.45, 7) is 0. The van der Waals surface area contributed by atoms with Crippen LogP contribution in [0.15, 0.2) is 85.1 Å². The minimum absolute atomic E-state index is 0.0273. The summed E-state index contributed by atoms with van der Waals surface area (Å²) < 4.78 is 6.98. The van der Waals surface area contributed by atoms with Gasteiger partial charge in [-0.1, -0.05) is 36.4 Å². The number of carbonyl (C=O) groups excluding carboxylic acids is 2. The lowest BCUT2D eigenvalue weighted by Gasteiger charge is -2.09. The first-order valence-electron chi connectivity index (χ1n) is 10.1. The molecular weight excluding hydrogens is 438 g/mol. The minimum atomic E-state index is -0.702. The number of non-ortho nitro benzene ring substituents is 1. The van der Waals surface area contributed by atoms with Crippen LogP contribution in [-0.2, 0) is 0 Å². The largest absolute Gasteiger partial charge is 0.496 e. The normalized spacial score (nSPS) is 10.4. The van der Waals surface area contributed by atoms with E-state index in [2.05, 4.69) is 16.0 Å². The van der Waals surface area contributed by atoms with Crippen molar-refractivity contribution < 1.29 is 19.2 Å². The zero-order valence-electron chi connectivity index (χ0n) is 18.0. The number of aromatic nitrogens is 2. The van der Waals surface area contributed by atoms with E-state index in [1.807, 2.05) is 30.3 Å². The first-order valence-corrected chi connectivity index (χ1v) is 10.1. The second-order valence-corrected chi connectivity index (χ2v) is 7.09. The van der Waals surface area contributed by atoms with Gasteiger partial charge in [0, 0.05) is 29.5 Å². The van der Waals surface area contributed by atoms with Crippen LogP contribution in [0.5, 0.6) is 5.75 Å². The molecular formula is C24H19N5O5. The Morgan fingerprint density at radius 2 is 1.65 bits per heavy atom. The number of carbonyl (C=O) groups is 2. The molecule has 4 aromatic rings. The van der Waals surface area contributed by atoms with E-state index in [1.165, 1.54) is 25.3 Å². The fourth-order valence-electron chi connectivity index (χ4n) is 3.31. The lowest BCUT2D eigenvalue weighted by molar-refractivity contribution is -0.384. The molecule has 10 heteroatoms. The van der Waals surface area contributed by atoms with Gasteiger partial charge in [-0.05, 0) is 30.3 Å². The minimum Gasteiger partial charge on any atom is -0.496 e. The summed E-state index contributed by atoms with van der Waals surface area (Å²) in [6, 6.07) is 21.5. The molecule has 170 valence electrons. The van der Waals surface area contributed by atoms with Gasteiger partial charge in [0.25, 0.3) is 17.5 Å². The number of hydrazine groups is 1. The highest BCUT2D eigenvalue weighted by Crippen LogP contribution is 2.31. The van der Waals surface area contributed by atoms with Crippen molar-refractivity contribution in [3.05, 3.63) is 106 Å². The molecule has 34 heavy (non-hydrogen) atoms. The molecule has 0 saturated heterocycles. The zero-order valence-corrected chi connectivity index (χ0v) is 18.0. The van der Waals surface area contributed by atoms with E-state index in [9.17, 15) is 19.7 Å². The average Bonchev–Trinajstić information content (AvgIpc) is 3.33. The molecule has 10 nitrogen and oxygen atoms in total. The van der Waals surface area contributed by atoms with Crippen LogP contribution in [0, 0.1) is 10.1 Å². The van der Waals surface area contributed by atoms with Gasteiger partial charge in [0.2, 0.25) is 0 Å². The average molecular weight is 457 g/mol. The van der Waals surface area contributed by atoms with Gasteiger partial charge in [0.1, 0.15) is 11.4 Å². The summed E-state index contributed by atoms with van der Waals surface area (Å²) >= 11 is 0. The van der Waals surface area contributed by atoms with Gasteiger partial charge < -0.3 is 4.74 Å². The highest BCUT2D eigenvalue weighted by atomic mass is 16.6. The number of ether oxygens (including phenoxy) is 1. The molecule has 0 unspecified atom stereocenters. The van der Waals surface area contributed by atoms with Crippen molar-refractivity contribution in [3.8, 4) is 22.7 Å². The van der Waals surface area contributed by atoms with Gasteiger partial charge in [-0.3, -0.25) is 30.6 Å². The van der Waals surface area contributed by atoms with Gasteiger partial charge >= 0.3 is 0 Å². The number of nitrogens with zero attached hydrogens (tertiary/aromatic N) is 3. The number of methoxy groups -OCH3 is 1. The molecule has 0 bridgehead atoms. The molecule has 1 heterocycles. The molecule has 0 radical (unpaired) electrons. The van der Waals surface area contributed by atoms with Gasteiger partial charge in [-0.2, -0.15) is 5.10 Å². The first kappa shape index (κ1) is 22.2. The van der Waals surface area contributed by atoms with Crippen LogP contribution in [-0.4, -0.2) is 33.6 Å². The monoisotopic (exact) mass is 457 g/mol. The molecule has 0 aliphatic rings. The van der Waals surface area contributed by atoms with Crippen LogP contribution in [0.3, 0.4) is 0 Å². The second-order valence-electron chi connectivity index (χ2n) is 7.09. The van der Waals surface area contributed by atoms with Crippen LogP contribution in [0.1, 0.15) is 20.7 Å². The van der Waals surface area contributed by atoms with Crippen molar-refractivity contribution in [3.63, 3.8) is 0 Å². The summed E-state index contributed by atoms with van der Waals surface area (Å²) in [5.41, 5.74) is 6.30. The standard InChI is InChI=1S/C24H19N5O5/c1-34-21-13-6-5-12-19(21)22-20(15-28(27-22)17-9-3-2-4-10-17)24(31)26-25-23(30)16-8-7-11-18(14-16)29(32)33/h2-15H,1H3,(H,25,30)(H,26,31). The number of nitro groups is 1. The molecule has 4 rings (SSSR count). The number of amides is 2. The lowest BCUT2D eigenvalue weighted by Crippen LogP contribution is -2.41. The predicted octanol–water partition coefficient (Wildman–Crippen LogP) is 3.53. The fraction of sp³-hybridized carbons (Fsp3) is 0.0417. The number of hydrogen-bond donors (Lipinski definition) is 2. The molecule has 2 amide bonds. The molecule has 0 saturated carbocycles. The third kappa shape index (κ3) is 4.60. The van der Waals surface area contributed by atoms with Crippen LogP contribution in [0.4, 0.5) is 5.69 Å². The maximum absolute atomic E-state index is 13.1. The molecule has 0 spiro atoms. The molecule has 0 aliphatic carbocycles. The molecule has 0 aliphatic heterocycles. The Morgan fingerprint density at radius 3 is 2.38 bits per heavy atom. The quantitative estimate of drug-likeness (QED) is 0.337. The Bertz CT molecular complexity index is 1370. The lowest BCUT2D eigenvalue weighted by atomic mass is 10.1. The molecule has 0 atom stereocenters. The Kier molecular flexibility index (Phi) is 6.31. The second kappa shape index (κ2) is 9.65. The summed E-state index contributed by atoms with van der Waals surface area (Å²) in [5.74, 6) is -0.802. The number of nitrogens with one attached hydrogen (secondary N) is 2.